The number of carbonyl (C=O) groups excluding carboxylic acids is 2. The molecule has 0 fully saturated rings. The molecule has 1 aliphatic heterocycles. The van der Waals surface area contributed by atoms with Crippen molar-refractivity contribution in [3.8, 4) is 11.5 Å². The van der Waals surface area contributed by atoms with Crippen LogP contribution in [-0.2, 0) is 9.59 Å². The fraction of sp³-hybridized carbons (Fsp3) is 0.385. The van der Waals surface area contributed by atoms with E-state index in [0.29, 0.717) is 23.6 Å². The van der Waals surface area contributed by atoms with Gasteiger partial charge in [-0.25, -0.2) is 0 Å². The molecule has 5 heteroatoms. The Morgan fingerprint density at radius 1 is 1.50 bits per heavy atom. The van der Waals surface area contributed by atoms with Gasteiger partial charge in [0.2, 0.25) is 0 Å². The third-order valence-corrected chi connectivity index (χ3v) is 2.55. The quantitative estimate of drug-likeness (QED) is 0.655. The molecule has 1 aromatic carbocycles. The van der Waals surface area contributed by atoms with Gasteiger partial charge < -0.3 is 14.8 Å². The lowest BCUT2D eigenvalue weighted by Gasteiger charge is -2.18. The second-order valence-electron chi connectivity index (χ2n) is 4.07. The van der Waals surface area contributed by atoms with Gasteiger partial charge in [-0.1, -0.05) is 13.3 Å². The van der Waals surface area contributed by atoms with Gasteiger partial charge in [-0.15, -0.1) is 0 Å². The SMILES string of the molecule is CCCCC(=O)Oc1ccc2c(c1)OCC(=O)N2. The Hall–Kier alpha value is -2.04. The summed E-state index contributed by atoms with van der Waals surface area (Å²) in [5.74, 6) is 0.522. The standard InChI is InChI=1S/C13H15NO4/c1-2-3-4-13(16)18-9-5-6-10-11(7-9)17-8-12(15)14-10/h5-7H,2-4,8H2,1H3,(H,14,15). The van der Waals surface area contributed by atoms with Gasteiger partial charge in [0.1, 0.15) is 11.5 Å². The summed E-state index contributed by atoms with van der Waals surface area (Å²) in [6.07, 6.45) is 2.18. The molecule has 1 N–H and O–H groups in total. The molecular formula is C13H15NO4. The molecule has 0 radical (unpaired) electrons. The number of carbonyl (C=O) groups is 2. The Morgan fingerprint density at radius 2 is 2.33 bits per heavy atom. The van der Waals surface area contributed by atoms with Crippen molar-refractivity contribution in [2.45, 2.75) is 26.2 Å². The number of amides is 1. The molecule has 0 saturated carbocycles. The Balaban J connectivity index is 2.03. The lowest BCUT2D eigenvalue weighted by molar-refractivity contribution is -0.134. The van der Waals surface area contributed by atoms with E-state index >= 15 is 0 Å². The van der Waals surface area contributed by atoms with Crippen molar-refractivity contribution < 1.29 is 19.1 Å². The smallest absolute Gasteiger partial charge is 0.311 e. The monoisotopic (exact) mass is 249 g/mol. The van der Waals surface area contributed by atoms with Crippen molar-refractivity contribution in [1.82, 2.24) is 0 Å². The second-order valence-corrected chi connectivity index (χ2v) is 4.07. The molecule has 1 aromatic rings. The highest BCUT2D eigenvalue weighted by atomic mass is 16.5. The maximum Gasteiger partial charge on any atom is 0.311 e. The fourth-order valence-corrected chi connectivity index (χ4v) is 1.62. The third-order valence-electron chi connectivity index (χ3n) is 2.55. The number of hydrogen-bond donors (Lipinski definition) is 1. The number of benzene rings is 1. The molecule has 0 saturated heterocycles. The zero-order chi connectivity index (χ0) is 13.0. The fourth-order valence-electron chi connectivity index (χ4n) is 1.62. The number of rotatable bonds is 4. The summed E-state index contributed by atoms with van der Waals surface area (Å²) in [4.78, 5) is 22.5. The van der Waals surface area contributed by atoms with Crippen molar-refractivity contribution >= 4 is 17.6 Å². The Labute approximate surface area is 105 Å². The first-order valence-corrected chi connectivity index (χ1v) is 5.96. The van der Waals surface area contributed by atoms with Crippen LogP contribution in [-0.4, -0.2) is 18.5 Å². The van der Waals surface area contributed by atoms with Crippen LogP contribution in [0.3, 0.4) is 0 Å². The van der Waals surface area contributed by atoms with E-state index in [1.54, 1.807) is 18.2 Å². The summed E-state index contributed by atoms with van der Waals surface area (Å²) in [6, 6.07) is 4.91. The Bertz CT molecular complexity index is 470. The molecule has 18 heavy (non-hydrogen) atoms. The average Bonchev–Trinajstić information content (AvgIpc) is 2.36. The summed E-state index contributed by atoms with van der Waals surface area (Å²) in [7, 11) is 0. The van der Waals surface area contributed by atoms with E-state index in [1.807, 2.05) is 6.92 Å². The number of esters is 1. The molecule has 0 atom stereocenters. The maximum absolute atomic E-state index is 11.5. The molecule has 0 aromatic heterocycles. The molecular weight excluding hydrogens is 234 g/mol. The van der Waals surface area contributed by atoms with Crippen LogP contribution < -0.4 is 14.8 Å². The van der Waals surface area contributed by atoms with Crippen LogP contribution in [0.25, 0.3) is 0 Å². The van der Waals surface area contributed by atoms with Crippen LogP contribution >= 0.6 is 0 Å². The predicted octanol–water partition coefficient (Wildman–Crippen LogP) is 2.11. The van der Waals surface area contributed by atoms with Crippen LogP contribution in [0.4, 0.5) is 5.69 Å². The van der Waals surface area contributed by atoms with E-state index in [4.69, 9.17) is 9.47 Å². The molecule has 1 aliphatic rings. The van der Waals surface area contributed by atoms with E-state index in [0.717, 1.165) is 12.8 Å². The average molecular weight is 249 g/mol. The topological polar surface area (TPSA) is 64.6 Å². The van der Waals surface area contributed by atoms with Crippen molar-refractivity contribution in [2.24, 2.45) is 0 Å². The zero-order valence-electron chi connectivity index (χ0n) is 10.2. The minimum absolute atomic E-state index is 0.0137. The van der Waals surface area contributed by atoms with Gasteiger partial charge in [-0.2, -0.15) is 0 Å². The first-order chi connectivity index (χ1) is 8.69. The number of fused-ring (bicyclic) bond motifs is 1. The highest BCUT2D eigenvalue weighted by Gasteiger charge is 2.16. The molecule has 0 bridgehead atoms. The van der Waals surface area contributed by atoms with Crippen LogP contribution in [0.15, 0.2) is 18.2 Å². The molecule has 0 spiro atoms. The molecule has 1 amide bonds. The Morgan fingerprint density at radius 3 is 3.11 bits per heavy atom. The highest BCUT2D eigenvalue weighted by molar-refractivity contribution is 5.95. The van der Waals surface area contributed by atoms with Gasteiger partial charge >= 0.3 is 5.97 Å². The van der Waals surface area contributed by atoms with Gasteiger partial charge in [-0.3, -0.25) is 9.59 Å². The van der Waals surface area contributed by atoms with Crippen molar-refractivity contribution in [1.29, 1.82) is 0 Å². The largest absolute Gasteiger partial charge is 0.481 e. The van der Waals surface area contributed by atoms with Gasteiger partial charge in [0, 0.05) is 12.5 Å². The molecule has 96 valence electrons. The van der Waals surface area contributed by atoms with Gasteiger partial charge in [0.25, 0.3) is 5.91 Å². The lowest BCUT2D eigenvalue weighted by Crippen LogP contribution is -2.25. The maximum atomic E-state index is 11.5. The van der Waals surface area contributed by atoms with Crippen molar-refractivity contribution in [3.63, 3.8) is 0 Å². The number of unbranched alkanes of at least 4 members (excludes halogenated alkanes) is 1. The Kier molecular flexibility index (Phi) is 3.82. The molecule has 5 nitrogen and oxygen atoms in total. The van der Waals surface area contributed by atoms with Crippen LogP contribution in [0, 0.1) is 0 Å². The first kappa shape index (κ1) is 12.4. The third kappa shape index (κ3) is 3.00. The van der Waals surface area contributed by atoms with Gasteiger partial charge in [0.05, 0.1) is 5.69 Å². The number of hydrogen-bond acceptors (Lipinski definition) is 4. The summed E-state index contributed by atoms with van der Waals surface area (Å²) in [6.45, 7) is 2.00. The molecule has 0 aliphatic carbocycles. The number of anilines is 1. The normalized spacial score (nSPS) is 13.3. The molecule has 1 heterocycles. The lowest BCUT2D eigenvalue weighted by atomic mass is 10.2. The summed E-state index contributed by atoms with van der Waals surface area (Å²) < 4.78 is 10.4. The highest BCUT2D eigenvalue weighted by Crippen LogP contribution is 2.31. The summed E-state index contributed by atoms with van der Waals surface area (Å²) >= 11 is 0. The van der Waals surface area contributed by atoms with E-state index in [-0.39, 0.29) is 18.5 Å². The summed E-state index contributed by atoms with van der Waals surface area (Å²) in [5, 5.41) is 2.67. The molecule has 0 unspecified atom stereocenters. The minimum Gasteiger partial charge on any atom is -0.481 e. The second kappa shape index (κ2) is 5.53. The van der Waals surface area contributed by atoms with E-state index < -0.39 is 0 Å². The van der Waals surface area contributed by atoms with Gasteiger partial charge in [-0.05, 0) is 18.6 Å². The van der Waals surface area contributed by atoms with Gasteiger partial charge in [0.15, 0.2) is 6.61 Å². The summed E-state index contributed by atoms with van der Waals surface area (Å²) in [5.41, 5.74) is 0.597. The van der Waals surface area contributed by atoms with Crippen LogP contribution in [0.1, 0.15) is 26.2 Å². The van der Waals surface area contributed by atoms with Crippen molar-refractivity contribution in [2.75, 3.05) is 11.9 Å². The molecule has 2 rings (SSSR count). The van der Waals surface area contributed by atoms with Crippen molar-refractivity contribution in [3.05, 3.63) is 18.2 Å². The number of nitrogens with one attached hydrogen (secondary N) is 1. The van der Waals surface area contributed by atoms with E-state index in [2.05, 4.69) is 5.32 Å². The van der Waals surface area contributed by atoms with E-state index in [9.17, 15) is 9.59 Å². The number of ether oxygens (including phenoxy) is 2. The van der Waals surface area contributed by atoms with Crippen LogP contribution in [0.2, 0.25) is 0 Å². The minimum atomic E-state index is -0.253. The first-order valence-electron chi connectivity index (χ1n) is 5.96. The van der Waals surface area contributed by atoms with Crippen LogP contribution in [0.5, 0.6) is 11.5 Å². The van der Waals surface area contributed by atoms with E-state index in [1.165, 1.54) is 0 Å². The zero-order valence-corrected chi connectivity index (χ0v) is 10.2. The predicted molar refractivity (Wildman–Crippen MR) is 65.7 cm³/mol.